The van der Waals surface area contributed by atoms with Crippen LogP contribution >= 0.6 is 11.6 Å². The Balaban J connectivity index is 1.47. The zero-order valence-electron chi connectivity index (χ0n) is 17.3. The van der Waals surface area contributed by atoms with E-state index in [0.29, 0.717) is 28.5 Å². The number of benzene rings is 3. The van der Waals surface area contributed by atoms with E-state index in [0.717, 1.165) is 16.8 Å². The van der Waals surface area contributed by atoms with E-state index in [-0.39, 0.29) is 18.6 Å². The number of aliphatic hydroxyl groups excluding tert-OH is 1. The van der Waals surface area contributed by atoms with Gasteiger partial charge in [-0.15, -0.1) is 0 Å². The summed E-state index contributed by atoms with van der Waals surface area (Å²) in [6.45, 7) is -0.144. The van der Waals surface area contributed by atoms with E-state index in [1.165, 1.54) is 0 Å². The molecule has 6 nitrogen and oxygen atoms in total. The van der Waals surface area contributed by atoms with Gasteiger partial charge in [-0.05, 0) is 48.4 Å². The summed E-state index contributed by atoms with van der Waals surface area (Å²) in [5.41, 5.74) is 10.0. The molecule has 3 aromatic carbocycles. The second-order valence-corrected chi connectivity index (χ2v) is 7.90. The van der Waals surface area contributed by atoms with Crippen LogP contribution in [0.15, 0.2) is 84.9 Å². The monoisotopic (exact) mass is 446 g/mol. The summed E-state index contributed by atoms with van der Waals surface area (Å²) in [5.74, 6) is 0.222. The van der Waals surface area contributed by atoms with Gasteiger partial charge in [0.05, 0.1) is 24.0 Å². The molecule has 0 radical (unpaired) electrons. The number of nitrogen functional groups attached to an aromatic ring is 1. The number of amides is 1. The van der Waals surface area contributed by atoms with Gasteiger partial charge in [-0.3, -0.25) is 4.79 Å². The number of aliphatic hydroxyl groups is 1. The minimum Gasteiger partial charge on any atom is -0.394 e. The molecule has 162 valence electrons. The first-order valence-corrected chi connectivity index (χ1v) is 10.6. The van der Waals surface area contributed by atoms with Crippen LogP contribution in [0.3, 0.4) is 0 Å². The predicted molar refractivity (Wildman–Crippen MR) is 127 cm³/mol. The Bertz CT molecular complexity index is 1210. The topological polar surface area (TPSA) is 93.2 Å². The summed E-state index contributed by atoms with van der Waals surface area (Å²) in [5, 5.41) is 17.8. The highest BCUT2D eigenvalue weighted by Crippen LogP contribution is 2.25. The summed E-state index contributed by atoms with van der Waals surface area (Å²) in [4.78, 5) is 12.7. The van der Waals surface area contributed by atoms with Crippen molar-refractivity contribution in [2.24, 2.45) is 0 Å². The molecule has 0 spiro atoms. The van der Waals surface area contributed by atoms with E-state index in [2.05, 4.69) is 10.4 Å². The van der Waals surface area contributed by atoms with Gasteiger partial charge in [0.25, 0.3) is 5.91 Å². The van der Waals surface area contributed by atoms with Crippen molar-refractivity contribution in [2.45, 2.75) is 12.5 Å². The molecule has 0 fully saturated rings. The number of nitrogens with one attached hydrogen (secondary N) is 1. The normalized spacial score (nSPS) is 11.8. The second-order valence-electron chi connectivity index (χ2n) is 7.47. The molecule has 0 bridgehead atoms. The van der Waals surface area contributed by atoms with Crippen LogP contribution in [-0.4, -0.2) is 33.4 Å². The molecule has 0 saturated heterocycles. The molecule has 0 aliphatic rings. The molecule has 1 amide bonds. The lowest BCUT2D eigenvalue weighted by Gasteiger charge is -2.16. The molecule has 1 aromatic heterocycles. The maximum Gasteiger partial charge on any atom is 0.251 e. The Morgan fingerprint density at radius 1 is 1.03 bits per heavy atom. The van der Waals surface area contributed by atoms with Crippen LogP contribution < -0.4 is 11.1 Å². The van der Waals surface area contributed by atoms with Crippen molar-refractivity contribution in [3.05, 3.63) is 101 Å². The number of anilines is 1. The number of nitrogens with zero attached hydrogens (tertiary/aromatic N) is 2. The second kappa shape index (κ2) is 9.68. The summed E-state index contributed by atoms with van der Waals surface area (Å²) < 4.78 is 1.61. The van der Waals surface area contributed by atoms with E-state index in [1.807, 2.05) is 48.5 Å². The average Bonchev–Trinajstić information content (AvgIpc) is 3.21. The SMILES string of the molecule is Nc1cc(-c2cccc(Cl)c2)nn1-c1ccc(C(=O)N[C@H](CO)Cc2ccccc2)cc1. The minimum absolute atomic E-state index is 0.144. The van der Waals surface area contributed by atoms with E-state index in [4.69, 9.17) is 17.3 Å². The zero-order chi connectivity index (χ0) is 22.5. The van der Waals surface area contributed by atoms with Gasteiger partial charge in [-0.25, -0.2) is 4.68 Å². The largest absolute Gasteiger partial charge is 0.394 e. The minimum atomic E-state index is -0.369. The van der Waals surface area contributed by atoms with Gasteiger partial charge in [0.15, 0.2) is 0 Å². The lowest BCUT2D eigenvalue weighted by molar-refractivity contribution is 0.0916. The summed E-state index contributed by atoms with van der Waals surface area (Å²) in [6, 6.07) is 25.5. The van der Waals surface area contributed by atoms with Crippen LogP contribution in [0.2, 0.25) is 5.02 Å². The van der Waals surface area contributed by atoms with Gasteiger partial charge >= 0.3 is 0 Å². The molecule has 0 saturated carbocycles. The highest BCUT2D eigenvalue weighted by molar-refractivity contribution is 6.30. The molecule has 0 aliphatic carbocycles. The molecule has 0 aliphatic heterocycles. The maximum atomic E-state index is 12.7. The Kier molecular flexibility index (Phi) is 6.54. The number of hydrogen-bond donors (Lipinski definition) is 3. The maximum absolute atomic E-state index is 12.7. The molecule has 4 N–H and O–H groups in total. The van der Waals surface area contributed by atoms with Crippen LogP contribution in [0.25, 0.3) is 16.9 Å². The van der Waals surface area contributed by atoms with Crippen LogP contribution in [0.5, 0.6) is 0 Å². The average molecular weight is 447 g/mol. The van der Waals surface area contributed by atoms with Crippen LogP contribution in [0, 0.1) is 0 Å². The fourth-order valence-corrected chi connectivity index (χ4v) is 3.66. The van der Waals surface area contributed by atoms with Gasteiger partial charge in [0, 0.05) is 22.2 Å². The molecular formula is C25H23ClN4O2. The van der Waals surface area contributed by atoms with Crippen molar-refractivity contribution < 1.29 is 9.90 Å². The third-order valence-electron chi connectivity index (χ3n) is 5.11. The summed E-state index contributed by atoms with van der Waals surface area (Å²) >= 11 is 6.08. The van der Waals surface area contributed by atoms with Gasteiger partial charge < -0.3 is 16.2 Å². The third kappa shape index (κ3) is 4.99. The van der Waals surface area contributed by atoms with E-state index in [1.54, 1.807) is 41.1 Å². The quantitative estimate of drug-likeness (QED) is 0.398. The number of nitrogens with two attached hydrogens (primary N) is 1. The molecule has 7 heteroatoms. The van der Waals surface area contributed by atoms with E-state index >= 15 is 0 Å². The first-order chi connectivity index (χ1) is 15.5. The molecule has 1 atom stereocenters. The van der Waals surface area contributed by atoms with Crippen LogP contribution in [0.4, 0.5) is 5.82 Å². The molecule has 1 heterocycles. The number of aromatic nitrogens is 2. The zero-order valence-corrected chi connectivity index (χ0v) is 18.0. The number of carbonyl (C=O) groups is 1. The molecular weight excluding hydrogens is 424 g/mol. The lowest BCUT2D eigenvalue weighted by Crippen LogP contribution is -2.39. The fourth-order valence-electron chi connectivity index (χ4n) is 3.47. The van der Waals surface area contributed by atoms with Crippen molar-refractivity contribution in [2.75, 3.05) is 12.3 Å². The Labute approximate surface area is 191 Å². The summed E-state index contributed by atoms with van der Waals surface area (Å²) in [6.07, 6.45) is 0.553. The fraction of sp³-hybridized carbons (Fsp3) is 0.120. The first kappa shape index (κ1) is 21.6. The van der Waals surface area contributed by atoms with E-state index < -0.39 is 0 Å². The molecule has 4 aromatic rings. The number of rotatable bonds is 7. The third-order valence-corrected chi connectivity index (χ3v) is 5.35. The van der Waals surface area contributed by atoms with Crippen LogP contribution in [-0.2, 0) is 6.42 Å². The number of carbonyl (C=O) groups excluding carboxylic acids is 1. The Hall–Kier alpha value is -3.61. The van der Waals surface area contributed by atoms with Gasteiger partial charge in [-0.2, -0.15) is 5.10 Å². The first-order valence-electron chi connectivity index (χ1n) is 10.2. The van der Waals surface area contributed by atoms with Crippen molar-refractivity contribution in [1.29, 1.82) is 0 Å². The van der Waals surface area contributed by atoms with Crippen molar-refractivity contribution in [1.82, 2.24) is 15.1 Å². The summed E-state index contributed by atoms with van der Waals surface area (Å²) in [7, 11) is 0. The number of hydrogen-bond acceptors (Lipinski definition) is 4. The lowest BCUT2D eigenvalue weighted by atomic mass is 10.1. The van der Waals surface area contributed by atoms with E-state index in [9.17, 15) is 9.90 Å². The van der Waals surface area contributed by atoms with Crippen molar-refractivity contribution >= 4 is 23.3 Å². The highest BCUT2D eigenvalue weighted by Gasteiger charge is 2.15. The highest BCUT2D eigenvalue weighted by atomic mass is 35.5. The smallest absolute Gasteiger partial charge is 0.251 e. The van der Waals surface area contributed by atoms with Crippen molar-refractivity contribution in [3.8, 4) is 16.9 Å². The van der Waals surface area contributed by atoms with Gasteiger partial charge in [0.2, 0.25) is 0 Å². The van der Waals surface area contributed by atoms with Crippen molar-refractivity contribution in [3.63, 3.8) is 0 Å². The van der Waals surface area contributed by atoms with Crippen LogP contribution in [0.1, 0.15) is 15.9 Å². The molecule has 4 rings (SSSR count). The number of halogens is 1. The van der Waals surface area contributed by atoms with Gasteiger partial charge in [0.1, 0.15) is 5.82 Å². The Morgan fingerprint density at radius 2 is 1.78 bits per heavy atom. The van der Waals surface area contributed by atoms with Gasteiger partial charge in [-0.1, -0.05) is 54.1 Å². The molecule has 32 heavy (non-hydrogen) atoms. The Morgan fingerprint density at radius 3 is 2.47 bits per heavy atom. The molecule has 0 unspecified atom stereocenters. The predicted octanol–water partition coefficient (Wildman–Crippen LogP) is 4.11. The standard InChI is InChI=1S/C25H23ClN4O2/c26-20-8-4-7-19(14-20)23-15-24(27)30(29-23)22-11-9-18(10-12-22)25(32)28-21(16-31)13-17-5-2-1-3-6-17/h1-12,14-15,21,31H,13,16,27H2,(H,28,32)/t21-/m0/s1.